The lowest BCUT2D eigenvalue weighted by atomic mass is 10.0. The van der Waals surface area contributed by atoms with Gasteiger partial charge in [-0.15, -0.1) is 0 Å². The Balaban J connectivity index is 1.85. The topological polar surface area (TPSA) is 23.5 Å². The minimum Gasteiger partial charge on any atom is -0.392 e. The van der Waals surface area contributed by atoms with E-state index in [4.69, 9.17) is 0 Å². The van der Waals surface area contributed by atoms with E-state index in [-0.39, 0.29) is 6.10 Å². The third-order valence-electron chi connectivity index (χ3n) is 3.77. The minimum absolute atomic E-state index is 0.0491. The zero-order valence-corrected chi connectivity index (χ0v) is 9.12. The highest BCUT2D eigenvalue weighted by Crippen LogP contribution is 2.24. The number of hydrogen-bond acceptors (Lipinski definition) is 2. The van der Waals surface area contributed by atoms with Crippen LogP contribution in [0.5, 0.6) is 0 Å². The summed E-state index contributed by atoms with van der Waals surface area (Å²) in [5.74, 6) is 0. The molecule has 2 fully saturated rings. The van der Waals surface area contributed by atoms with E-state index >= 15 is 0 Å². The molecule has 0 aromatic heterocycles. The molecule has 1 aliphatic carbocycles. The lowest BCUT2D eigenvalue weighted by Crippen LogP contribution is -2.44. The normalized spacial score (nSPS) is 32.8. The number of rotatable bonds is 1. The first kappa shape index (κ1) is 10.4. The largest absolute Gasteiger partial charge is 0.392 e. The minimum atomic E-state index is -0.0491. The van der Waals surface area contributed by atoms with Gasteiger partial charge in [0.2, 0.25) is 0 Å². The van der Waals surface area contributed by atoms with Crippen LogP contribution in [0, 0.1) is 0 Å². The van der Waals surface area contributed by atoms with Gasteiger partial charge in [-0.1, -0.05) is 25.7 Å². The smallest absolute Gasteiger partial charge is 0.0667 e. The zero-order valence-electron chi connectivity index (χ0n) is 9.12. The molecule has 14 heavy (non-hydrogen) atoms. The molecule has 2 heteroatoms. The van der Waals surface area contributed by atoms with Crippen molar-refractivity contribution in [2.45, 2.75) is 63.5 Å². The molecule has 1 saturated carbocycles. The van der Waals surface area contributed by atoms with Gasteiger partial charge in [-0.25, -0.2) is 0 Å². The third kappa shape index (κ3) is 2.71. The summed E-state index contributed by atoms with van der Waals surface area (Å²) < 4.78 is 0. The van der Waals surface area contributed by atoms with Gasteiger partial charge in [-0.05, 0) is 32.2 Å². The number of likely N-dealkylation sites (tertiary alicyclic amines) is 1. The van der Waals surface area contributed by atoms with Crippen LogP contribution in [-0.4, -0.2) is 35.2 Å². The van der Waals surface area contributed by atoms with Crippen LogP contribution in [-0.2, 0) is 0 Å². The molecule has 1 heterocycles. The molecule has 0 spiro atoms. The van der Waals surface area contributed by atoms with Gasteiger partial charge in [0.15, 0.2) is 0 Å². The number of piperidine rings is 1. The first-order chi connectivity index (χ1) is 6.86. The van der Waals surface area contributed by atoms with Crippen LogP contribution in [0.3, 0.4) is 0 Å². The molecular formula is C12H23NO. The molecule has 1 atom stereocenters. The first-order valence-electron chi connectivity index (χ1n) is 6.28. The lowest BCUT2D eigenvalue weighted by Gasteiger charge is -2.36. The maximum absolute atomic E-state index is 9.64. The summed E-state index contributed by atoms with van der Waals surface area (Å²) in [6.45, 7) is 2.16. The highest BCUT2D eigenvalue weighted by atomic mass is 16.3. The summed E-state index contributed by atoms with van der Waals surface area (Å²) in [6, 6.07) is 0.785. The summed E-state index contributed by atoms with van der Waals surface area (Å²) >= 11 is 0. The third-order valence-corrected chi connectivity index (χ3v) is 3.77. The predicted molar refractivity (Wildman–Crippen MR) is 58.3 cm³/mol. The van der Waals surface area contributed by atoms with E-state index in [1.54, 1.807) is 0 Å². The van der Waals surface area contributed by atoms with Gasteiger partial charge in [-0.3, -0.25) is 4.90 Å². The second kappa shape index (κ2) is 5.13. The van der Waals surface area contributed by atoms with Crippen molar-refractivity contribution < 1.29 is 5.11 Å². The van der Waals surface area contributed by atoms with Crippen molar-refractivity contribution in [2.24, 2.45) is 0 Å². The Hall–Kier alpha value is -0.0800. The van der Waals surface area contributed by atoms with Crippen LogP contribution in [0.15, 0.2) is 0 Å². The fraction of sp³-hybridized carbons (Fsp3) is 1.00. The Morgan fingerprint density at radius 3 is 2.21 bits per heavy atom. The second-order valence-corrected chi connectivity index (χ2v) is 4.94. The van der Waals surface area contributed by atoms with Crippen LogP contribution < -0.4 is 0 Å². The van der Waals surface area contributed by atoms with Crippen molar-refractivity contribution in [2.75, 3.05) is 13.1 Å². The Bertz CT molecular complexity index is 164. The molecule has 0 radical (unpaired) electrons. The van der Waals surface area contributed by atoms with E-state index in [2.05, 4.69) is 4.90 Å². The van der Waals surface area contributed by atoms with Crippen LogP contribution in [0.25, 0.3) is 0 Å². The number of hydrogen-bond donors (Lipinski definition) is 1. The Labute approximate surface area is 87.3 Å². The van der Waals surface area contributed by atoms with E-state index in [1.165, 1.54) is 51.5 Å². The fourth-order valence-corrected chi connectivity index (χ4v) is 2.94. The molecule has 2 aliphatic rings. The fourth-order valence-electron chi connectivity index (χ4n) is 2.94. The van der Waals surface area contributed by atoms with E-state index in [0.29, 0.717) is 0 Å². The van der Waals surface area contributed by atoms with Crippen molar-refractivity contribution >= 4 is 0 Å². The lowest BCUT2D eigenvalue weighted by molar-refractivity contribution is 0.0423. The first-order valence-corrected chi connectivity index (χ1v) is 6.28. The summed E-state index contributed by atoms with van der Waals surface area (Å²) in [6.07, 6.45) is 10.5. The number of aliphatic hydroxyl groups excluding tert-OH is 1. The Morgan fingerprint density at radius 1 is 0.857 bits per heavy atom. The molecule has 0 aromatic carbocycles. The van der Waals surface area contributed by atoms with Crippen molar-refractivity contribution in [1.82, 2.24) is 4.90 Å². The maximum Gasteiger partial charge on any atom is 0.0667 e. The SMILES string of the molecule is O[C@H]1CCCN(C2CCCCCC2)C1. The van der Waals surface area contributed by atoms with E-state index in [9.17, 15) is 5.11 Å². The zero-order chi connectivity index (χ0) is 9.80. The van der Waals surface area contributed by atoms with E-state index in [0.717, 1.165) is 19.0 Å². The number of nitrogens with zero attached hydrogens (tertiary/aromatic N) is 1. The molecule has 0 unspecified atom stereocenters. The second-order valence-electron chi connectivity index (χ2n) is 4.94. The van der Waals surface area contributed by atoms with Gasteiger partial charge < -0.3 is 5.11 Å². The molecular weight excluding hydrogens is 174 g/mol. The van der Waals surface area contributed by atoms with Crippen LogP contribution in [0.2, 0.25) is 0 Å². The van der Waals surface area contributed by atoms with Crippen molar-refractivity contribution in [3.63, 3.8) is 0 Å². The van der Waals surface area contributed by atoms with E-state index < -0.39 is 0 Å². The Morgan fingerprint density at radius 2 is 1.57 bits per heavy atom. The summed E-state index contributed by atoms with van der Waals surface area (Å²) in [7, 11) is 0. The maximum atomic E-state index is 9.64. The van der Waals surface area contributed by atoms with Crippen LogP contribution >= 0.6 is 0 Å². The van der Waals surface area contributed by atoms with Gasteiger partial charge in [0.1, 0.15) is 0 Å². The van der Waals surface area contributed by atoms with Gasteiger partial charge >= 0.3 is 0 Å². The average molecular weight is 197 g/mol. The summed E-state index contributed by atoms with van der Waals surface area (Å²) in [4.78, 5) is 2.54. The monoisotopic (exact) mass is 197 g/mol. The van der Waals surface area contributed by atoms with Gasteiger partial charge in [-0.2, -0.15) is 0 Å². The van der Waals surface area contributed by atoms with Crippen molar-refractivity contribution in [3.05, 3.63) is 0 Å². The van der Waals surface area contributed by atoms with Crippen LogP contribution in [0.4, 0.5) is 0 Å². The van der Waals surface area contributed by atoms with E-state index in [1.807, 2.05) is 0 Å². The van der Waals surface area contributed by atoms with Crippen molar-refractivity contribution in [1.29, 1.82) is 0 Å². The highest BCUT2D eigenvalue weighted by Gasteiger charge is 2.24. The van der Waals surface area contributed by atoms with Crippen LogP contribution in [0.1, 0.15) is 51.4 Å². The molecule has 0 amide bonds. The van der Waals surface area contributed by atoms with Gasteiger partial charge in [0, 0.05) is 12.6 Å². The Kier molecular flexibility index (Phi) is 3.82. The van der Waals surface area contributed by atoms with Gasteiger partial charge in [0.25, 0.3) is 0 Å². The highest BCUT2D eigenvalue weighted by molar-refractivity contribution is 4.80. The molecule has 2 rings (SSSR count). The molecule has 1 N–H and O–H groups in total. The average Bonchev–Trinajstić information content (AvgIpc) is 2.45. The molecule has 0 bridgehead atoms. The summed E-state index contributed by atoms with van der Waals surface area (Å²) in [5, 5.41) is 9.64. The quantitative estimate of drug-likeness (QED) is 0.651. The van der Waals surface area contributed by atoms with Crippen molar-refractivity contribution in [3.8, 4) is 0 Å². The molecule has 1 saturated heterocycles. The molecule has 1 aliphatic heterocycles. The molecule has 82 valence electrons. The number of aliphatic hydroxyl groups is 1. The number of β-amino-alcohol motifs (C(OH)–C–C–N with tert-alkyl or cyclic N) is 1. The molecule has 2 nitrogen and oxygen atoms in total. The predicted octanol–water partition coefficient (Wildman–Crippen LogP) is 2.17. The standard InChI is InChI=1S/C12H23NO/c14-12-8-5-9-13(10-12)11-6-3-1-2-4-7-11/h11-12,14H,1-10H2/t12-/m0/s1. The van der Waals surface area contributed by atoms with Gasteiger partial charge in [0.05, 0.1) is 6.10 Å². The summed E-state index contributed by atoms with van der Waals surface area (Å²) in [5.41, 5.74) is 0. The molecule has 0 aromatic rings.